The molecule has 0 bridgehead atoms. The number of ether oxygens (including phenoxy) is 1. The lowest BCUT2D eigenvalue weighted by Crippen LogP contribution is -2.25. The van der Waals surface area contributed by atoms with Crippen LogP contribution in [0.15, 0.2) is 24.3 Å². The van der Waals surface area contributed by atoms with Crippen molar-refractivity contribution >= 4 is 0 Å². The molecule has 1 unspecified atom stereocenters. The zero-order chi connectivity index (χ0) is 15.3. The van der Waals surface area contributed by atoms with Gasteiger partial charge in [0.2, 0.25) is 0 Å². The molecule has 1 fully saturated rings. The van der Waals surface area contributed by atoms with Gasteiger partial charge < -0.3 is 10.1 Å². The number of alkyl halides is 3. The van der Waals surface area contributed by atoms with Crippen LogP contribution in [0.3, 0.4) is 0 Å². The SMILES string of the molecule is Fc1cccc(C(CNC2CC2)OCCCC(F)(F)F)c1. The molecule has 0 saturated heterocycles. The van der Waals surface area contributed by atoms with Crippen LogP contribution in [0.25, 0.3) is 0 Å². The monoisotopic (exact) mass is 305 g/mol. The van der Waals surface area contributed by atoms with E-state index in [1.165, 1.54) is 12.1 Å². The first-order valence-corrected chi connectivity index (χ1v) is 7.11. The van der Waals surface area contributed by atoms with E-state index >= 15 is 0 Å². The van der Waals surface area contributed by atoms with Crippen LogP contribution in [0.4, 0.5) is 17.6 Å². The Bertz CT molecular complexity index is 446. The van der Waals surface area contributed by atoms with Crippen molar-refractivity contribution in [1.82, 2.24) is 5.32 Å². The van der Waals surface area contributed by atoms with Crippen LogP contribution in [0.5, 0.6) is 0 Å². The molecular weight excluding hydrogens is 286 g/mol. The highest BCUT2D eigenvalue weighted by atomic mass is 19.4. The van der Waals surface area contributed by atoms with Gasteiger partial charge in [-0.15, -0.1) is 0 Å². The first-order chi connectivity index (χ1) is 9.94. The minimum atomic E-state index is -4.16. The Morgan fingerprint density at radius 1 is 1.29 bits per heavy atom. The average molecular weight is 305 g/mol. The average Bonchev–Trinajstić information content (AvgIpc) is 3.20. The zero-order valence-electron chi connectivity index (χ0n) is 11.6. The lowest BCUT2D eigenvalue weighted by atomic mass is 10.1. The molecule has 0 aromatic heterocycles. The number of benzene rings is 1. The first-order valence-electron chi connectivity index (χ1n) is 7.11. The molecule has 2 rings (SSSR count). The number of nitrogens with one attached hydrogen (secondary N) is 1. The van der Waals surface area contributed by atoms with Gasteiger partial charge in [-0.3, -0.25) is 0 Å². The number of hydrogen-bond acceptors (Lipinski definition) is 2. The summed E-state index contributed by atoms with van der Waals surface area (Å²) in [5.41, 5.74) is 0.648. The lowest BCUT2D eigenvalue weighted by Gasteiger charge is -2.19. The Balaban J connectivity index is 1.85. The second-order valence-corrected chi connectivity index (χ2v) is 5.32. The van der Waals surface area contributed by atoms with Gasteiger partial charge in [0.05, 0.1) is 6.10 Å². The van der Waals surface area contributed by atoms with Gasteiger partial charge in [0.25, 0.3) is 0 Å². The summed E-state index contributed by atoms with van der Waals surface area (Å²) < 4.78 is 55.1. The van der Waals surface area contributed by atoms with E-state index in [0.29, 0.717) is 18.2 Å². The van der Waals surface area contributed by atoms with Crippen molar-refractivity contribution in [3.8, 4) is 0 Å². The van der Waals surface area contributed by atoms with Crippen molar-refractivity contribution in [3.05, 3.63) is 35.6 Å². The van der Waals surface area contributed by atoms with Crippen LogP contribution in [-0.2, 0) is 4.74 Å². The molecule has 21 heavy (non-hydrogen) atoms. The highest BCUT2D eigenvalue weighted by Crippen LogP contribution is 2.24. The summed E-state index contributed by atoms with van der Waals surface area (Å²) in [5.74, 6) is -0.372. The Labute approximate surface area is 121 Å². The maximum absolute atomic E-state index is 13.3. The Kier molecular flexibility index (Phi) is 5.58. The second-order valence-electron chi connectivity index (χ2n) is 5.32. The molecule has 0 spiro atoms. The van der Waals surface area contributed by atoms with Gasteiger partial charge in [-0.25, -0.2) is 4.39 Å². The zero-order valence-corrected chi connectivity index (χ0v) is 11.6. The van der Waals surface area contributed by atoms with E-state index in [0.717, 1.165) is 12.8 Å². The lowest BCUT2D eigenvalue weighted by molar-refractivity contribution is -0.138. The third-order valence-electron chi connectivity index (χ3n) is 3.31. The van der Waals surface area contributed by atoms with Gasteiger partial charge in [0, 0.05) is 25.6 Å². The molecule has 1 saturated carbocycles. The summed E-state index contributed by atoms with van der Waals surface area (Å²) >= 11 is 0. The van der Waals surface area contributed by atoms with Crippen molar-refractivity contribution in [2.45, 2.75) is 44.0 Å². The molecule has 0 heterocycles. The van der Waals surface area contributed by atoms with E-state index in [4.69, 9.17) is 4.74 Å². The molecule has 0 amide bonds. The fourth-order valence-electron chi connectivity index (χ4n) is 2.04. The molecule has 118 valence electrons. The first kappa shape index (κ1) is 16.2. The molecule has 2 nitrogen and oxygen atoms in total. The van der Waals surface area contributed by atoms with E-state index in [1.54, 1.807) is 12.1 Å². The molecule has 1 aliphatic rings. The van der Waals surface area contributed by atoms with Crippen LogP contribution in [0.2, 0.25) is 0 Å². The maximum Gasteiger partial charge on any atom is 0.389 e. The van der Waals surface area contributed by atoms with Crippen LogP contribution >= 0.6 is 0 Å². The number of halogens is 4. The summed E-state index contributed by atoms with van der Waals surface area (Å²) in [7, 11) is 0. The van der Waals surface area contributed by atoms with Gasteiger partial charge in [-0.1, -0.05) is 12.1 Å². The van der Waals surface area contributed by atoms with Crippen LogP contribution in [0.1, 0.15) is 37.4 Å². The summed E-state index contributed by atoms with van der Waals surface area (Å²) in [6, 6.07) is 6.46. The van der Waals surface area contributed by atoms with Crippen molar-refractivity contribution in [1.29, 1.82) is 0 Å². The Morgan fingerprint density at radius 3 is 2.67 bits per heavy atom. The van der Waals surface area contributed by atoms with Crippen molar-refractivity contribution in [3.63, 3.8) is 0 Å². The maximum atomic E-state index is 13.3. The summed E-state index contributed by atoms with van der Waals surface area (Å²) in [4.78, 5) is 0. The van der Waals surface area contributed by atoms with E-state index in [9.17, 15) is 17.6 Å². The molecule has 0 radical (unpaired) electrons. The van der Waals surface area contributed by atoms with Crippen LogP contribution in [0, 0.1) is 5.82 Å². The van der Waals surface area contributed by atoms with E-state index in [2.05, 4.69) is 5.32 Å². The standard InChI is InChI=1S/C15H19F4NO/c16-12-4-1-3-11(9-12)14(10-20-13-5-6-13)21-8-2-7-15(17,18)19/h1,3-4,9,13-14,20H,2,5-8,10H2. The fourth-order valence-corrected chi connectivity index (χ4v) is 2.04. The largest absolute Gasteiger partial charge is 0.389 e. The summed E-state index contributed by atoms with van der Waals surface area (Å²) in [5, 5.41) is 3.26. The highest BCUT2D eigenvalue weighted by Gasteiger charge is 2.27. The molecule has 6 heteroatoms. The summed E-state index contributed by atoms with van der Waals surface area (Å²) in [6.45, 7) is 0.493. The Morgan fingerprint density at radius 2 is 2.05 bits per heavy atom. The van der Waals surface area contributed by atoms with Crippen molar-refractivity contribution in [2.75, 3.05) is 13.2 Å². The molecule has 0 aliphatic heterocycles. The van der Waals surface area contributed by atoms with Gasteiger partial charge in [0.1, 0.15) is 5.82 Å². The van der Waals surface area contributed by atoms with Crippen molar-refractivity contribution < 1.29 is 22.3 Å². The summed E-state index contributed by atoms with van der Waals surface area (Å²) in [6.07, 6.45) is -3.33. The third kappa shape index (κ3) is 6.44. The van der Waals surface area contributed by atoms with E-state index < -0.39 is 18.7 Å². The fraction of sp³-hybridized carbons (Fsp3) is 0.600. The number of hydrogen-bond donors (Lipinski definition) is 1. The van der Waals surface area contributed by atoms with Crippen LogP contribution in [-0.4, -0.2) is 25.4 Å². The van der Waals surface area contributed by atoms with Crippen molar-refractivity contribution in [2.24, 2.45) is 0 Å². The van der Waals surface area contributed by atoms with E-state index in [-0.39, 0.29) is 18.8 Å². The van der Waals surface area contributed by atoms with Gasteiger partial charge in [0.15, 0.2) is 0 Å². The molecule has 1 aliphatic carbocycles. The minimum absolute atomic E-state index is 0.00698. The molecule has 1 N–H and O–H groups in total. The minimum Gasteiger partial charge on any atom is -0.372 e. The Hall–Kier alpha value is -1.14. The highest BCUT2D eigenvalue weighted by molar-refractivity contribution is 5.19. The molecule has 1 aromatic carbocycles. The normalized spacial score (nSPS) is 17.0. The number of rotatable bonds is 8. The predicted molar refractivity (Wildman–Crippen MR) is 71.4 cm³/mol. The van der Waals surface area contributed by atoms with Gasteiger partial charge in [-0.05, 0) is 37.0 Å². The quantitative estimate of drug-likeness (QED) is 0.579. The third-order valence-corrected chi connectivity index (χ3v) is 3.31. The predicted octanol–water partition coefficient (Wildman–Crippen LogP) is 3.98. The topological polar surface area (TPSA) is 21.3 Å². The smallest absolute Gasteiger partial charge is 0.372 e. The molecule has 1 atom stereocenters. The molecular formula is C15H19F4NO. The van der Waals surface area contributed by atoms with E-state index in [1.807, 2.05) is 0 Å². The van der Waals surface area contributed by atoms with Gasteiger partial charge in [-0.2, -0.15) is 13.2 Å². The van der Waals surface area contributed by atoms with Crippen LogP contribution < -0.4 is 5.32 Å². The van der Waals surface area contributed by atoms with Gasteiger partial charge >= 0.3 is 6.18 Å². The molecule has 1 aromatic rings. The second kappa shape index (κ2) is 7.22.